The monoisotopic (exact) mass is 407 g/mol. The molecule has 3 aliphatic rings. The van der Waals surface area contributed by atoms with Gasteiger partial charge in [0.1, 0.15) is 0 Å². The molecule has 21 heavy (non-hydrogen) atoms. The molecule has 3 rings (SSSR count). The summed E-state index contributed by atoms with van der Waals surface area (Å²) in [5.41, 5.74) is 0.424. The molecule has 2 aliphatic heterocycles. The van der Waals surface area contributed by atoms with Gasteiger partial charge >= 0.3 is 0 Å². The number of hydrogen-bond acceptors (Lipinski definition) is 2. The molecule has 2 bridgehead atoms. The molecule has 5 heteroatoms. The SMILES string of the molecule is CCNC(=NCC1(C)CCCC1)NC1CC2CCC1O2.I. The van der Waals surface area contributed by atoms with Crippen LogP contribution in [-0.2, 0) is 4.74 Å². The molecular weight excluding hydrogens is 377 g/mol. The highest BCUT2D eigenvalue weighted by Crippen LogP contribution is 2.37. The minimum atomic E-state index is 0. The molecule has 1 saturated carbocycles. The van der Waals surface area contributed by atoms with Gasteiger partial charge < -0.3 is 15.4 Å². The zero-order valence-electron chi connectivity index (χ0n) is 13.4. The van der Waals surface area contributed by atoms with Gasteiger partial charge in [-0.2, -0.15) is 0 Å². The Kier molecular flexibility index (Phi) is 6.17. The lowest BCUT2D eigenvalue weighted by atomic mass is 9.89. The standard InChI is InChI=1S/C16H29N3O.HI/c1-3-17-15(18-11-16(2)8-4-5-9-16)19-13-10-12-6-7-14(13)20-12;/h12-14H,3-11H2,1-2H3,(H2,17,18,19);1H. The highest BCUT2D eigenvalue weighted by molar-refractivity contribution is 14.0. The van der Waals surface area contributed by atoms with Crippen LogP contribution in [0.2, 0.25) is 0 Å². The fourth-order valence-corrected chi connectivity index (χ4v) is 3.94. The third-order valence-electron chi connectivity index (χ3n) is 5.20. The summed E-state index contributed by atoms with van der Waals surface area (Å²) < 4.78 is 5.92. The molecule has 2 saturated heterocycles. The van der Waals surface area contributed by atoms with E-state index in [1.165, 1.54) is 38.5 Å². The van der Waals surface area contributed by atoms with E-state index in [2.05, 4.69) is 24.5 Å². The number of aliphatic imine (C=N–C) groups is 1. The van der Waals surface area contributed by atoms with Crippen LogP contribution < -0.4 is 10.6 Å². The largest absolute Gasteiger partial charge is 0.373 e. The number of halogens is 1. The van der Waals surface area contributed by atoms with E-state index < -0.39 is 0 Å². The highest BCUT2D eigenvalue weighted by Gasteiger charge is 2.41. The Morgan fingerprint density at radius 1 is 1.29 bits per heavy atom. The third kappa shape index (κ3) is 4.24. The molecule has 1 aliphatic carbocycles. The number of rotatable bonds is 4. The minimum Gasteiger partial charge on any atom is -0.373 e. The maximum atomic E-state index is 5.92. The molecule has 0 amide bonds. The summed E-state index contributed by atoms with van der Waals surface area (Å²) in [6, 6.07) is 0.461. The van der Waals surface area contributed by atoms with Gasteiger partial charge in [0.15, 0.2) is 5.96 Å². The first kappa shape index (κ1) is 17.3. The Hall–Kier alpha value is -0.0400. The van der Waals surface area contributed by atoms with Crippen LogP contribution in [-0.4, -0.2) is 37.3 Å². The zero-order chi connectivity index (χ0) is 14.0. The fraction of sp³-hybridized carbons (Fsp3) is 0.938. The summed E-state index contributed by atoms with van der Waals surface area (Å²) in [6.45, 7) is 6.38. The van der Waals surface area contributed by atoms with Crippen LogP contribution in [0.15, 0.2) is 4.99 Å². The van der Waals surface area contributed by atoms with Crippen molar-refractivity contribution < 1.29 is 4.74 Å². The second-order valence-electron chi connectivity index (χ2n) is 7.07. The summed E-state index contributed by atoms with van der Waals surface area (Å²) in [4.78, 5) is 4.85. The molecule has 3 fully saturated rings. The van der Waals surface area contributed by atoms with Gasteiger partial charge in [0.2, 0.25) is 0 Å². The smallest absolute Gasteiger partial charge is 0.191 e. The van der Waals surface area contributed by atoms with Gasteiger partial charge in [-0.15, -0.1) is 24.0 Å². The first-order valence-corrected chi connectivity index (χ1v) is 8.39. The molecule has 3 atom stereocenters. The normalized spacial score (nSPS) is 33.8. The Morgan fingerprint density at radius 2 is 2.05 bits per heavy atom. The summed E-state index contributed by atoms with van der Waals surface area (Å²) in [5, 5.41) is 7.00. The average Bonchev–Trinajstić information content (AvgIpc) is 3.13. The molecule has 2 heterocycles. The van der Waals surface area contributed by atoms with Gasteiger partial charge in [-0.3, -0.25) is 4.99 Å². The van der Waals surface area contributed by atoms with Crippen LogP contribution >= 0.6 is 24.0 Å². The number of fused-ring (bicyclic) bond motifs is 2. The van der Waals surface area contributed by atoms with Gasteiger partial charge in [0, 0.05) is 13.1 Å². The molecular formula is C16H30IN3O. The van der Waals surface area contributed by atoms with Crippen molar-refractivity contribution in [2.75, 3.05) is 13.1 Å². The molecule has 0 aromatic rings. The van der Waals surface area contributed by atoms with E-state index in [0.717, 1.165) is 25.5 Å². The van der Waals surface area contributed by atoms with E-state index in [0.29, 0.717) is 23.7 Å². The van der Waals surface area contributed by atoms with E-state index >= 15 is 0 Å². The van der Waals surface area contributed by atoms with Crippen molar-refractivity contribution in [1.82, 2.24) is 10.6 Å². The summed E-state index contributed by atoms with van der Waals surface area (Å²) in [7, 11) is 0. The second-order valence-corrected chi connectivity index (χ2v) is 7.07. The third-order valence-corrected chi connectivity index (χ3v) is 5.20. The highest BCUT2D eigenvalue weighted by atomic mass is 127. The molecule has 122 valence electrons. The van der Waals surface area contributed by atoms with Crippen LogP contribution in [0.3, 0.4) is 0 Å². The number of nitrogens with one attached hydrogen (secondary N) is 2. The maximum Gasteiger partial charge on any atom is 0.191 e. The molecule has 4 nitrogen and oxygen atoms in total. The summed E-state index contributed by atoms with van der Waals surface area (Å²) in [5.74, 6) is 0.988. The second kappa shape index (κ2) is 7.49. The predicted octanol–water partition coefficient (Wildman–Crippen LogP) is 3.06. The van der Waals surface area contributed by atoms with Crippen LogP contribution in [0, 0.1) is 5.41 Å². The van der Waals surface area contributed by atoms with Crippen molar-refractivity contribution in [1.29, 1.82) is 0 Å². The lowest BCUT2D eigenvalue weighted by Gasteiger charge is -2.25. The quantitative estimate of drug-likeness (QED) is 0.428. The van der Waals surface area contributed by atoms with E-state index in [-0.39, 0.29) is 24.0 Å². The molecule has 2 N–H and O–H groups in total. The Balaban J connectivity index is 0.00000161. The first-order chi connectivity index (χ1) is 9.68. The lowest BCUT2D eigenvalue weighted by molar-refractivity contribution is 0.0992. The minimum absolute atomic E-state index is 0. The Bertz CT molecular complexity index is 369. The number of nitrogens with zero attached hydrogens (tertiary/aromatic N) is 1. The van der Waals surface area contributed by atoms with Crippen LogP contribution in [0.5, 0.6) is 0 Å². The van der Waals surface area contributed by atoms with Gasteiger partial charge in [0.05, 0.1) is 18.2 Å². The van der Waals surface area contributed by atoms with Crippen molar-refractivity contribution in [3.05, 3.63) is 0 Å². The first-order valence-electron chi connectivity index (χ1n) is 8.39. The van der Waals surface area contributed by atoms with E-state index in [4.69, 9.17) is 9.73 Å². The lowest BCUT2D eigenvalue weighted by Crippen LogP contribution is -2.47. The molecule has 0 spiro atoms. The van der Waals surface area contributed by atoms with Crippen molar-refractivity contribution >= 4 is 29.9 Å². The molecule has 0 aromatic carbocycles. The molecule has 0 radical (unpaired) electrons. The Morgan fingerprint density at radius 3 is 2.62 bits per heavy atom. The van der Waals surface area contributed by atoms with E-state index in [9.17, 15) is 0 Å². The summed E-state index contributed by atoms with van der Waals surface area (Å²) in [6.07, 6.45) is 9.89. The number of hydrogen-bond donors (Lipinski definition) is 2. The molecule has 0 aromatic heterocycles. The predicted molar refractivity (Wildman–Crippen MR) is 97.4 cm³/mol. The van der Waals surface area contributed by atoms with Crippen molar-refractivity contribution in [3.8, 4) is 0 Å². The van der Waals surface area contributed by atoms with Gasteiger partial charge in [-0.1, -0.05) is 19.8 Å². The number of guanidine groups is 1. The fourth-order valence-electron chi connectivity index (χ4n) is 3.94. The maximum absolute atomic E-state index is 5.92. The van der Waals surface area contributed by atoms with Gasteiger partial charge in [0.25, 0.3) is 0 Å². The van der Waals surface area contributed by atoms with E-state index in [1.807, 2.05) is 0 Å². The van der Waals surface area contributed by atoms with E-state index in [1.54, 1.807) is 0 Å². The van der Waals surface area contributed by atoms with Crippen LogP contribution in [0.25, 0.3) is 0 Å². The van der Waals surface area contributed by atoms with Crippen molar-refractivity contribution in [2.24, 2.45) is 10.4 Å². The molecule has 3 unspecified atom stereocenters. The van der Waals surface area contributed by atoms with Crippen molar-refractivity contribution in [3.63, 3.8) is 0 Å². The zero-order valence-corrected chi connectivity index (χ0v) is 15.7. The Labute approximate surface area is 145 Å². The van der Waals surface area contributed by atoms with Gasteiger partial charge in [-0.05, 0) is 44.4 Å². The number of ether oxygens (including phenoxy) is 1. The van der Waals surface area contributed by atoms with Gasteiger partial charge in [-0.25, -0.2) is 0 Å². The van der Waals surface area contributed by atoms with Crippen molar-refractivity contribution in [2.45, 2.75) is 77.0 Å². The summed E-state index contributed by atoms with van der Waals surface area (Å²) >= 11 is 0. The van der Waals surface area contributed by atoms with Crippen LogP contribution in [0.4, 0.5) is 0 Å². The van der Waals surface area contributed by atoms with Crippen LogP contribution in [0.1, 0.15) is 58.8 Å². The average molecular weight is 407 g/mol. The topological polar surface area (TPSA) is 45.7 Å².